The molecule has 2 nitrogen and oxygen atoms in total. The predicted molar refractivity (Wildman–Crippen MR) is 55.9 cm³/mol. The predicted octanol–water partition coefficient (Wildman–Crippen LogP) is 2.14. The van der Waals surface area contributed by atoms with Crippen LogP contribution in [0.25, 0.3) is 0 Å². The summed E-state index contributed by atoms with van der Waals surface area (Å²) in [5.74, 6) is 0.797. The summed E-state index contributed by atoms with van der Waals surface area (Å²) in [6, 6.07) is 0.705. The van der Waals surface area contributed by atoms with Crippen molar-refractivity contribution in [1.29, 1.82) is 0 Å². The first-order valence-electron chi connectivity index (χ1n) is 5.50. The number of ether oxygens (including phenoxy) is 1. The largest absolute Gasteiger partial charge is 0.376 e. The monoisotopic (exact) mass is 185 g/mol. The first-order chi connectivity index (χ1) is 6.15. The molecule has 0 amide bonds. The van der Waals surface area contributed by atoms with Crippen molar-refractivity contribution in [2.45, 2.75) is 46.3 Å². The van der Waals surface area contributed by atoms with Crippen LogP contribution in [0.2, 0.25) is 0 Å². The molecule has 2 heteroatoms. The first-order valence-corrected chi connectivity index (χ1v) is 5.50. The number of rotatable bonds is 3. The molecule has 3 unspecified atom stereocenters. The van der Waals surface area contributed by atoms with Gasteiger partial charge in [-0.3, -0.25) is 4.90 Å². The van der Waals surface area contributed by atoms with Crippen LogP contribution in [-0.4, -0.2) is 36.7 Å². The number of nitrogens with zero attached hydrogens (tertiary/aromatic N) is 1. The lowest BCUT2D eigenvalue weighted by Crippen LogP contribution is -2.47. The number of hydrogen-bond donors (Lipinski definition) is 0. The van der Waals surface area contributed by atoms with Crippen molar-refractivity contribution in [3.8, 4) is 0 Å². The molecule has 0 radical (unpaired) electrons. The molecule has 1 saturated heterocycles. The fraction of sp³-hybridized carbons (Fsp3) is 1.00. The highest BCUT2D eigenvalue weighted by Gasteiger charge is 2.23. The maximum atomic E-state index is 5.53. The quantitative estimate of drug-likeness (QED) is 0.668. The highest BCUT2D eigenvalue weighted by atomic mass is 16.5. The van der Waals surface area contributed by atoms with Crippen molar-refractivity contribution >= 4 is 0 Å². The zero-order valence-corrected chi connectivity index (χ0v) is 9.42. The van der Waals surface area contributed by atoms with Gasteiger partial charge in [-0.1, -0.05) is 20.3 Å². The standard InChI is InChI=1S/C11H23NO/c1-5-9(2)11(4)12-6-7-13-10(3)8-12/h9-11H,5-8H2,1-4H3. The van der Waals surface area contributed by atoms with Crippen LogP contribution >= 0.6 is 0 Å². The van der Waals surface area contributed by atoms with Crippen molar-refractivity contribution in [3.05, 3.63) is 0 Å². The maximum absolute atomic E-state index is 5.53. The fourth-order valence-electron chi connectivity index (χ4n) is 1.92. The third-order valence-electron chi connectivity index (χ3n) is 3.32. The van der Waals surface area contributed by atoms with E-state index in [-0.39, 0.29) is 0 Å². The highest BCUT2D eigenvalue weighted by molar-refractivity contribution is 4.76. The van der Waals surface area contributed by atoms with Crippen molar-refractivity contribution in [2.75, 3.05) is 19.7 Å². The third kappa shape index (κ3) is 2.96. The van der Waals surface area contributed by atoms with Crippen LogP contribution in [-0.2, 0) is 4.74 Å². The van der Waals surface area contributed by atoms with E-state index in [0.717, 1.165) is 25.6 Å². The lowest BCUT2D eigenvalue weighted by atomic mass is 9.98. The molecule has 0 bridgehead atoms. The van der Waals surface area contributed by atoms with Crippen LogP contribution < -0.4 is 0 Å². The Morgan fingerprint density at radius 1 is 1.46 bits per heavy atom. The summed E-state index contributed by atoms with van der Waals surface area (Å²) in [5.41, 5.74) is 0. The molecule has 13 heavy (non-hydrogen) atoms. The molecule has 0 spiro atoms. The van der Waals surface area contributed by atoms with Gasteiger partial charge in [-0.15, -0.1) is 0 Å². The van der Waals surface area contributed by atoms with Gasteiger partial charge < -0.3 is 4.74 Å². The van der Waals surface area contributed by atoms with Gasteiger partial charge in [0.1, 0.15) is 0 Å². The van der Waals surface area contributed by atoms with Gasteiger partial charge >= 0.3 is 0 Å². The van der Waals surface area contributed by atoms with Crippen molar-refractivity contribution in [3.63, 3.8) is 0 Å². The van der Waals surface area contributed by atoms with Gasteiger partial charge in [-0.2, -0.15) is 0 Å². The number of morpholine rings is 1. The maximum Gasteiger partial charge on any atom is 0.0674 e. The Morgan fingerprint density at radius 3 is 2.69 bits per heavy atom. The Bertz CT molecular complexity index is 149. The summed E-state index contributed by atoms with van der Waals surface area (Å²) in [6.07, 6.45) is 1.69. The van der Waals surface area contributed by atoms with E-state index in [2.05, 4.69) is 32.6 Å². The Balaban J connectivity index is 2.41. The second-order valence-corrected chi connectivity index (χ2v) is 4.30. The van der Waals surface area contributed by atoms with Crippen molar-refractivity contribution in [1.82, 2.24) is 4.90 Å². The molecule has 1 aliphatic rings. The molecule has 1 fully saturated rings. The molecule has 0 N–H and O–H groups in total. The summed E-state index contributed by atoms with van der Waals surface area (Å²) >= 11 is 0. The Kier molecular flexibility index (Phi) is 4.20. The summed E-state index contributed by atoms with van der Waals surface area (Å²) in [6.45, 7) is 12.2. The highest BCUT2D eigenvalue weighted by Crippen LogP contribution is 2.17. The molecule has 0 aliphatic carbocycles. The Morgan fingerprint density at radius 2 is 2.15 bits per heavy atom. The molecule has 0 saturated carbocycles. The average Bonchev–Trinajstić information content (AvgIpc) is 2.15. The summed E-state index contributed by atoms with van der Waals surface area (Å²) < 4.78 is 5.53. The van der Waals surface area contributed by atoms with Gasteiger partial charge in [0.15, 0.2) is 0 Å². The molecule has 78 valence electrons. The molecule has 1 aliphatic heterocycles. The average molecular weight is 185 g/mol. The summed E-state index contributed by atoms with van der Waals surface area (Å²) in [5, 5.41) is 0. The van der Waals surface area contributed by atoms with Crippen LogP contribution in [0, 0.1) is 5.92 Å². The molecular formula is C11H23NO. The zero-order valence-electron chi connectivity index (χ0n) is 9.42. The molecule has 0 aromatic carbocycles. The molecule has 0 aromatic rings. The van der Waals surface area contributed by atoms with E-state index in [9.17, 15) is 0 Å². The minimum absolute atomic E-state index is 0.417. The minimum Gasteiger partial charge on any atom is -0.376 e. The summed E-state index contributed by atoms with van der Waals surface area (Å²) in [7, 11) is 0. The minimum atomic E-state index is 0.417. The lowest BCUT2D eigenvalue weighted by molar-refractivity contribution is -0.0392. The van der Waals surface area contributed by atoms with Crippen LogP contribution in [0.1, 0.15) is 34.1 Å². The van der Waals surface area contributed by atoms with Gasteiger partial charge in [0, 0.05) is 19.1 Å². The van der Waals surface area contributed by atoms with E-state index in [1.807, 2.05) is 0 Å². The zero-order chi connectivity index (χ0) is 9.84. The van der Waals surface area contributed by atoms with E-state index < -0.39 is 0 Å². The van der Waals surface area contributed by atoms with E-state index in [0.29, 0.717) is 12.1 Å². The molecule has 1 rings (SSSR count). The van der Waals surface area contributed by atoms with Crippen LogP contribution in [0.3, 0.4) is 0 Å². The van der Waals surface area contributed by atoms with Gasteiger partial charge in [0.25, 0.3) is 0 Å². The number of hydrogen-bond acceptors (Lipinski definition) is 2. The van der Waals surface area contributed by atoms with Crippen molar-refractivity contribution in [2.24, 2.45) is 5.92 Å². The smallest absolute Gasteiger partial charge is 0.0674 e. The van der Waals surface area contributed by atoms with E-state index >= 15 is 0 Å². The van der Waals surface area contributed by atoms with E-state index in [4.69, 9.17) is 4.74 Å². The molecule has 0 aromatic heterocycles. The van der Waals surface area contributed by atoms with Crippen LogP contribution in [0.4, 0.5) is 0 Å². The van der Waals surface area contributed by atoms with E-state index in [1.165, 1.54) is 6.42 Å². The van der Waals surface area contributed by atoms with Crippen LogP contribution in [0.5, 0.6) is 0 Å². The van der Waals surface area contributed by atoms with Gasteiger partial charge in [-0.05, 0) is 19.8 Å². The Hall–Kier alpha value is -0.0800. The van der Waals surface area contributed by atoms with Gasteiger partial charge in [0.05, 0.1) is 12.7 Å². The van der Waals surface area contributed by atoms with Gasteiger partial charge in [-0.25, -0.2) is 0 Å². The lowest BCUT2D eigenvalue weighted by Gasteiger charge is -2.38. The second kappa shape index (κ2) is 4.97. The third-order valence-corrected chi connectivity index (χ3v) is 3.32. The molecule has 3 atom stereocenters. The normalized spacial score (nSPS) is 30.0. The molecule has 1 heterocycles. The SMILES string of the molecule is CCC(C)C(C)N1CCOC(C)C1. The topological polar surface area (TPSA) is 12.5 Å². The van der Waals surface area contributed by atoms with E-state index in [1.54, 1.807) is 0 Å². The molecular weight excluding hydrogens is 162 g/mol. The van der Waals surface area contributed by atoms with Crippen LogP contribution in [0.15, 0.2) is 0 Å². The fourth-order valence-corrected chi connectivity index (χ4v) is 1.92. The van der Waals surface area contributed by atoms with Crippen molar-refractivity contribution < 1.29 is 4.74 Å². The Labute approximate surface area is 82.3 Å². The van der Waals surface area contributed by atoms with Gasteiger partial charge in [0.2, 0.25) is 0 Å². The second-order valence-electron chi connectivity index (χ2n) is 4.30. The first kappa shape index (κ1) is 11.0. The summed E-state index contributed by atoms with van der Waals surface area (Å²) in [4.78, 5) is 2.56.